The van der Waals surface area contributed by atoms with Crippen LogP contribution in [0.25, 0.3) is 0 Å². The van der Waals surface area contributed by atoms with Crippen molar-refractivity contribution in [3.8, 4) is 0 Å². The van der Waals surface area contributed by atoms with Gasteiger partial charge in [0.2, 0.25) is 0 Å². The van der Waals surface area contributed by atoms with Crippen molar-refractivity contribution >= 4 is 5.69 Å². The predicted molar refractivity (Wildman–Crippen MR) is 75.6 cm³/mol. The molecular formula is C16H15F3N2. The summed E-state index contributed by atoms with van der Waals surface area (Å²) in [5.74, 6) is -1.36. The van der Waals surface area contributed by atoms with Crippen LogP contribution in [0.1, 0.15) is 17.2 Å². The van der Waals surface area contributed by atoms with Crippen LogP contribution in [0.4, 0.5) is 18.9 Å². The van der Waals surface area contributed by atoms with Gasteiger partial charge < -0.3 is 10.6 Å². The fraction of sp³-hybridized carbons (Fsp3) is 0.250. The molecule has 5 heteroatoms. The molecule has 110 valence electrons. The van der Waals surface area contributed by atoms with Crippen LogP contribution in [0.15, 0.2) is 36.4 Å². The second-order valence-electron chi connectivity index (χ2n) is 5.13. The van der Waals surface area contributed by atoms with Crippen LogP contribution in [0.2, 0.25) is 0 Å². The monoisotopic (exact) mass is 292 g/mol. The van der Waals surface area contributed by atoms with E-state index in [4.69, 9.17) is 5.73 Å². The van der Waals surface area contributed by atoms with Gasteiger partial charge >= 0.3 is 0 Å². The Hall–Kier alpha value is -2.01. The van der Waals surface area contributed by atoms with Crippen LogP contribution >= 0.6 is 0 Å². The largest absolute Gasteiger partial charge is 0.362 e. The summed E-state index contributed by atoms with van der Waals surface area (Å²) in [4.78, 5) is 1.84. The van der Waals surface area contributed by atoms with Gasteiger partial charge in [-0.05, 0) is 42.3 Å². The molecule has 1 atom stereocenters. The van der Waals surface area contributed by atoms with E-state index in [1.54, 1.807) is 6.07 Å². The molecule has 0 fully saturated rings. The summed E-state index contributed by atoms with van der Waals surface area (Å²) in [5, 5.41) is 0. The van der Waals surface area contributed by atoms with Gasteiger partial charge in [0.15, 0.2) is 0 Å². The molecule has 0 saturated carbocycles. The van der Waals surface area contributed by atoms with Crippen molar-refractivity contribution in [1.82, 2.24) is 0 Å². The van der Waals surface area contributed by atoms with E-state index in [2.05, 4.69) is 0 Å². The predicted octanol–water partition coefficient (Wildman–Crippen LogP) is 3.17. The van der Waals surface area contributed by atoms with Gasteiger partial charge in [0.05, 0.1) is 6.04 Å². The maximum absolute atomic E-state index is 14.0. The molecule has 1 unspecified atom stereocenters. The maximum Gasteiger partial charge on any atom is 0.128 e. The first kappa shape index (κ1) is 13.9. The average molecular weight is 292 g/mol. The summed E-state index contributed by atoms with van der Waals surface area (Å²) in [6, 6.07) is 7.36. The second-order valence-corrected chi connectivity index (χ2v) is 5.13. The highest BCUT2D eigenvalue weighted by Gasteiger charge is 2.28. The van der Waals surface area contributed by atoms with Crippen molar-refractivity contribution in [2.24, 2.45) is 5.73 Å². The topological polar surface area (TPSA) is 29.3 Å². The lowest BCUT2D eigenvalue weighted by atomic mass is 10.0. The molecular weight excluding hydrogens is 277 g/mol. The lowest BCUT2D eigenvalue weighted by molar-refractivity contribution is 0.548. The van der Waals surface area contributed by atoms with Gasteiger partial charge in [0.25, 0.3) is 0 Å². The lowest BCUT2D eigenvalue weighted by Gasteiger charge is -2.30. The van der Waals surface area contributed by atoms with Crippen molar-refractivity contribution < 1.29 is 13.2 Å². The molecule has 1 aliphatic rings. The van der Waals surface area contributed by atoms with Crippen LogP contribution in [-0.4, -0.2) is 13.1 Å². The zero-order valence-corrected chi connectivity index (χ0v) is 11.3. The molecule has 2 N–H and O–H groups in total. The molecule has 2 aromatic rings. The summed E-state index contributed by atoms with van der Waals surface area (Å²) in [5.41, 5.74) is 7.67. The minimum absolute atomic E-state index is 0.121. The van der Waals surface area contributed by atoms with Gasteiger partial charge in [0.1, 0.15) is 17.5 Å². The summed E-state index contributed by atoms with van der Waals surface area (Å²) < 4.78 is 40.9. The number of nitrogens with two attached hydrogens (primary N) is 1. The van der Waals surface area contributed by atoms with Gasteiger partial charge in [0, 0.05) is 24.3 Å². The van der Waals surface area contributed by atoms with Gasteiger partial charge in [-0.25, -0.2) is 13.2 Å². The molecule has 2 aromatic carbocycles. The SMILES string of the molecule is NCC(c1cc(F)ccc1F)N1CCc2ccc(F)cc21. The summed E-state index contributed by atoms with van der Waals surface area (Å²) in [7, 11) is 0. The molecule has 0 spiro atoms. The Morgan fingerprint density at radius 1 is 1.05 bits per heavy atom. The lowest BCUT2D eigenvalue weighted by Crippen LogP contribution is -2.33. The number of hydrogen-bond donors (Lipinski definition) is 1. The number of nitrogens with zero attached hydrogens (tertiary/aromatic N) is 1. The van der Waals surface area contributed by atoms with E-state index < -0.39 is 17.7 Å². The first-order valence-electron chi connectivity index (χ1n) is 6.80. The molecule has 21 heavy (non-hydrogen) atoms. The van der Waals surface area contributed by atoms with Crippen molar-refractivity contribution in [2.45, 2.75) is 12.5 Å². The Morgan fingerprint density at radius 3 is 2.52 bits per heavy atom. The molecule has 0 aliphatic carbocycles. The summed E-state index contributed by atoms with van der Waals surface area (Å²) in [6.07, 6.45) is 0.739. The molecule has 1 heterocycles. The van der Waals surface area contributed by atoms with Gasteiger partial charge in [-0.3, -0.25) is 0 Å². The molecule has 0 amide bonds. The highest BCUT2D eigenvalue weighted by molar-refractivity contribution is 5.60. The Balaban J connectivity index is 2.03. The Bertz CT molecular complexity index is 673. The fourth-order valence-corrected chi connectivity index (χ4v) is 2.89. The average Bonchev–Trinajstić information content (AvgIpc) is 2.87. The Morgan fingerprint density at radius 2 is 1.76 bits per heavy atom. The van der Waals surface area contributed by atoms with Crippen molar-refractivity contribution in [2.75, 3.05) is 18.0 Å². The van der Waals surface area contributed by atoms with E-state index in [9.17, 15) is 13.2 Å². The second kappa shape index (κ2) is 5.41. The standard InChI is InChI=1S/C16H15F3N2/c17-11-3-4-14(19)13(7-11)16(9-20)21-6-5-10-1-2-12(18)8-15(10)21/h1-4,7-8,16H,5-6,9,20H2. The molecule has 3 rings (SSSR count). The normalized spacial score (nSPS) is 15.1. The van der Waals surface area contributed by atoms with E-state index >= 15 is 0 Å². The zero-order valence-electron chi connectivity index (χ0n) is 11.3. The third-order valence-electron chi connectivity index (χ3n) is 3.90. The molecule has 0 bridgehead atoms. The van der Waals surface area contributed by atoms with Crippen LogP contribution in [-0.2, 0) is 6.42 Å². The van der Waals surface area contributed by atoms with Crippen LogP contribution in [0.5, 0.6) is 0 Å². The fourth-order valence-electron chi connectivity index (χ4n) is 2.89. The highest BCUT2D eigenvalue weighted by Crippen LogP contribution is 2.36. The van der Waals surface area contributed by atoms with E-state index in [0.717, 1.165) is 30.2 Å². The minimum Gasteiger partial charge on any atom is -0.362 e. The third-order valence-corrected chi connectivity index (χ3v) is 3.90. The number of benzene rings is 2. The van der Waals surface area contributed by atoms with E-state index in [1.807, 2.05) is 4.90 Å². The number of fused-ring (bicyclic) bond motifs is 1. The van der Waals surface area contributed by atoms with Crippen molar-refractivity contribution in [1.29, 1.82) is 0 Å². The van der Waals surface area contributed by atoms with E-state index in [1.165, 1.54) is 12.1 Å². The van der Waals surface area contributed by atoms with Crippen molar-refractivity contribution in [3.05, 3.63) is 65.0 Å². The molecule has 0 radical (unpaired) electrons. The summed E-state index contributed by atoms with van der Waals surface area (Å²) >= 11 is 0. The van der Waals surface area contributed by atoms with Crippen molar-refractivity contribution in [3.63, 3.8) is 0 Å². The minimum atomic E-state index is -0.511. The first-order valence-corrected chi connectivity index (χ1v) is 6.80. The smallest absolute Gasteiger partial charge is 0.128 e. The maximum atomic E-state index is 14.0. The number of anilines is 1. The quantitative estimate of drug-likeness (QED) is 0.941. The van der Waals surface area contributed by atoms with Crippen LogP contribution in [0.3, 0.4) is 0 Å². The molecule has 1 aliphatic heterocycles. The van der Waals surface area contributed by atoms with Crippen LogP contribution in [0, 0.1) is 17.5 Å². The first-order chi connectivity index (χ1) is 10.1. The number of hydrogen-bond acceptors (Lipinski definition) is 2. The molecule has 0 saturated heterocycles. The number of halogens is 3. The Kier molecular flexibility index (Phi) is 3.59. The van der Waals surface area contributed by atoms with Gasteiger partial charge in [-0.15, -0.1) is 0 Å². The van der Waals surface area contributed by atoms with Gasteiger partial charge in [-0.2, -0.15) is 0 Å². The highest BCUT2D eigenvalue weighted by atomic mass is 19.1. The van der Waals surface area contributed by atoms with Gasteiger partial charge in [-0.1, -0.05) is 6.07 Å². The van der Waals surface area contributed by atoms with E-state index in [-0.39, 0.29) is 17.9 Å². The summed E-state index contributed by atoms with van der Waals surface area (Å²) in [6.45, 7) is 0.729. The van der Waals surface area contributed by atoms with E-state index in [0.29, 0.717) is 12.2 Å². The zero-order chi connectivity index (χ0) is 15.0. The third kappa shape index (κ3) is 2.49. The Labute approximate surface area is 121 Å². The number of rotatable bonds is 3. The molecule has 2 nitrogen and oxygen atoms in total. The molecule has 0 aromatic heterocycles. The van der Waals surface area contributed by atoms with Crippen LogP contribution < -0.4 is 10.6 Å².